The number of aliphatic hydroxyl groups is 1. The van der Waals surface area contributed by atoms with Crippen LogP contribution in [0.4, 0.5) is 4.79 Å². The average Bonchev–Trinajstić information content (AvgIpc) is 2.95. The number of H-pyrrole nitrogens is 1. The summed E-state index contributed by atoms with van der Waals surface area (Å²) in [5, 5.41) is 34.0. The fourth-order valence-electron chi connectivity index (χ4n) is 2.27. The lowest BCUT2D eigenvalue weighted by molar-refractivity contribution is 0.177. The number of benzene rings is 1. The minimum atomic E-state index is -1.00. The lowest BCUT2D eigenvalue weighted by Gasteiger charge is -2.13. The predicted octanol–water partition coefficient (Wildman–Crippen LogP) is 1.31. The second-order valence-electron chi connectivity index (χ2n) is 5.31. The number of aromatic hydroxyl groups is 1. The Kier molecular flexibility index (Phi) is 7.56. The molecule has 0 bridgehead atoms. The summed E-state index contributed by atoms with van der Waals surface area (Å²) in [6.45, 7) is 1.50. The maximum atomic E-state index is 11.5. The second kappa shape index (κ2) is 9.66. The summed E-state index contributed by atoms with van der Waals surface area (Å²) in [7, 11) is 0. The van der Waals surface area contributed by atoms with Crippen molar-refractivity contribution in [3.05, 3.63) is 27.4 Å². The van der Waals surface area contributed by atoms with Crippen molar-refractivity contribution >= 4 is 39.4 Å². The molecule has 25 heavy (non-hydrogen) atoms. The fourth-order valence-corrected chi connectivity index (χ4v) is 4.03. The molecule has 2 aromatic rings. The van der Waals surface area contributed by atoms with Crippen LogP contribution in [0.2, 0.25) is 0 Å². The molecule has 0 fully saturated rings. The van der Waals surface area contributed by atoms with Gasteiger partial charge in [0.25, 0.3) is 0 Å². The zero-order chi connectivity index (χ0) is 18.2. The summed E-state index contributed by atoms with van der Waals surface area (Å²) in [6, 6.07) is 3.09. The smallest absolute Gasteiger partial charge is 0.404 e. The van der Waals surface area contributed by atoms with E-state index < -0.39 is 12.2 Å². The minimum Gasteiger partial charge on any atom is -0.506 e. The number of fused-ring (bicyclic) bond motifs is 1. The van der Waals surface area contributed by atoms with E-state index in [-0.39, 0.29) is 10.6 Å². The van der Waals surface area contributed by atoms with Gasteiger partial charge in [-0.2, -0.15) is 11.8 Å². The molecular weight excluding hydrogens is 366 g/mol. The van der Waals surface area contributed by atoms with Crippen LogP contribution in [0.5, 0.6) is 5.75 Å². The SMILES string of the molecule is O=C(O)NCCCSCCNC[C@@H](O)c1ccc(O)c2[nH]c(=O)sc12. The first-order valence-electron chi connectivity index (χ1n) is 7.77. The quantitative estimate of drug-likeness (QED) is 0.338. The second-order valence-corrected chi connectivity index (χ2v) is 7.52. The van der Waals surface area contributed by atoms with Crippen molar-refractivity contribution in [3.8, 4) is 5.75 Å². The van der Waals surface area contributed by atoms with E-state index in [0.29, 0.717) is 35.4 Å². The number of hydrogen-bond acceptors (Lipinski definition) is 7. The molecule has 0 saturated carbocycles. The summed E-state index contributed by atoms with van der Waals surface area (Å²) < 4.78 is 0.569. The molecule has 0 radical (unpaired) electrons. The molecule has 0 aliphatic heterocycles. The van der Waals surface area contributed by atoms with Crippen LogP contribution in [0, 0.1) is 0 Å². The van der Waals surface area contributed by atoms with Gasteiger partial charge in [-0.1, -0.05) is 17.4 Å². The number of phenols is 1. The number of aromatic amines is 1. The summed E-state index contributed by atoms with van der Waals surface area (Å²) >= 11 is 2.67. The zero-order valence-electron chi connectivity index (χ0n) is 13.4. The van der Waals surface area contributed by atoms with Crippen LogP contribution < -0.4 is 15.5 Å². The number of amides is 1. The highest BCUT2D eigenvalue weighted by Crippen LogP contribution is 2.31. The van der Waals surface area contributed by atoms with E-state index >= 15 is 0 Å². The first-order chi connectivity index (χ1) is 12.0. The van der Waals surface area contributed by atoms with E-state index in [0.717, 1.165) is 29.3 Å². The molecule has 0 saturated heterocycles. The van der Waals surface area contributed by atoms with Crippen molar-refractivity contribution in [1.29, 1.82) is 0 Å². The van der Waals surface area contributed by atoms with E-state index in [2.05, 4.69) is 15.6 Å². The van der Waals surface area contributed by atoms with Crippen molar-refractivity contribution in [2.24, 2.45) is 0 Å². The molecule has 6 N–H and O–H groups in total. The van der Waals surface area contributed by atoms with Crippen molar-refractivity contribution in [2.75, 3.05) is 31.1 Å². The van der Waals surface area contributed by atoms with Crippen LogP contribution in [-0.4, -0.2) is 57.5 Å². The third-order valence-electron chi connectivity index (χ3n) is 3.45. The van der Waals surface area contributed by atoms with Gasteiger partial charge in [0.2, 0.25) is 0 Å². The lowest BCUT2D eigenvalue weighted by atomic mass is 10.1. The maximum absolute atomic E-state index is 11.5. The Hall–Kier alpha value is -1.75. The molecular formula is C15H21N3O5S2. The van der Waals surface area contributed by atoms with Gasteiger partial charge in [-0.3, -0.25) is 4.79 Å². The van der Waals surface area contributed by atoms with Gasteiger partial charge in [0, 0.05) is 31.0 Å². The molecule has 1 atom stereocenters. The Morgan fingerprint density at radius 3 is 2.88 bits per heavy atom. The number of aromatic nitrogens is 1. The molecule has 0 unspecified atom stereocenters. The van der Waals surface area contributed by atoms with Crippen LogP contribution in [0.1, 0.15) is 18.1 Å². The fraction of sp³-hybridized carbons (Fsp3) is 0.467. The van der Waals surface area contributed by atoms with Crippen molar-refractivity contribution in [1.82, 2.24) is 15.6 Å². The van der Waals surface area contributed by atoms with Gasteiger partial charge >= 0.3 is 11.0 Å². The highest BCUT2D eigenvalue weighted by atomic mass is 32.2. The third-order valence-corrected chi connectivity index (χ3v) is 5.45. The number of rotatable bonds is 10. The lowest BCUT2D eigenvalue weighted by Crippen LogP contribution is -2.24. The van der Waals surface area contributed by atoms with E-state index in [1.54, 1.807) is 17.8 Å². The third kappa shape index (κ3) is 5.92. The number of carboxylic acid groups (broad SMARTS) is 1. The molecule has 1 aromatic heterocycles. The molecule has 0 aliphatic carbocycles. The molecule has 138 valence electrons. The first-order valence-corrected chi connectivity index (χ1v) is 9.74. The van der Waals surface area contributed by atoms with Gasteiger partial charge in [0.1, 0.15) is 11.3 Å². The van der Waals surface area contributed by atoms with Gasteiger partial charge in [-0.05, 0) is 18.2 Å². The minimum absolute atomic E-state index is 0.00829. The van der Waals surface area contributed by atoms with Crippen molar-refractivity contribution in [2.45, 2.75) is 12.5 Å². The number of carbonyl (C=O) groups is 1. The number of thiazole rings is 1. The summed E-state index contributed by atoms with van der Waals surface area (Å²) in [4.78, 5) is 24.0. The molecule has 1 heterocycles. The van der Waals surface area contributed by atoms with Crippen molar-refractivity contribution in [3.63, 3.8) is 0 Å². The van der Waals surface area contributed by atoms with Crippen LogP contribution >= 0.6 is 23.1 Å². The summed E-state index contributed by atoms with van der Waals surface area (Å²) in [5.41, 5.74) is 0.966. The first kappa shape index (κ1) is 19.6. The molecule has 0 spiro atoms. The molecule has 0 aliphatic rings. The van der Waals surface area contributed by atoms with Gasteiger partial charge in [-0.25, -0.2) is 4.79 Å². The summed E-state index contributed by atoms with van der Waals surface area (Å²) in [5.74, 6) is 1.70. The highest BCUT2D eigenvalue weighted by Gasteiger charge is 2.15. The van der Waals surface area contributed by atoms with E-state index in [1.165, 1.54) is 6.07 Å². The summed E-state index contributed by atoms with van der Waals surface area (Å²) in [6.07, 6.45) is -1.01. The van der Waals surface area contributed by atoms with E-state index in [1.807, 2.05) is 0 Å². The molecule has 1 amide bonds. The van der Waals surface area contributed by atoms with E-state index in [4.69, 9.17) is 5.11 Å². The number of nitrogens with one attached hydrogen (secondary N) is 3. The standard InChI is InChI=1S/C15H21N3O5S2/c19-10-3-2-9(13-12(10)18-15(23)25-13)11(20)8-16-5-7-24-6-1-4-17-14(21)22/h2-3,11,16-17,19-20H,1,4-8H2,(H,18,23)(H,21,22)/t11-/m1/s1. The topological polar surface area (TPSA) is 135 Å². The Balaban J connectivity index is 1.71. The molecule has 10 heteroatoms. The highest BCUT2D eigenvalue weighted by molar-refractivity contribution is 7.99. The monoisotopic (exact) mass is 387 g/mol. The van der Waals surface area contributed by atoms with Gasteiger partial charge < -0.3 is 30.9 Å². The largest absolute Gasteiger partial charge is 0.506 e. The van der Waals surface area contributed by atoms with E-state index in [9.17, 15) is 19.8 Å². The predicted molar refractivity (Wildman–Crippen MR) is 99.9 cm³/mol. The average molecular weight is 387 g/mol. The van der Waals surface area contributed by atoms with Crippen LogP contribution in [-0.2, 0) is 0 Å². The molecule has 2 rings (SSSR count). The van der Waals surface area contributed by atoms with Gasteiger partial charge in [-0.15, -0.1) is 0 Å². The maximum Gasteiger partial charge on any atom is 0.404 e. The van der Waals surface area contributed by atoms with Crippen LogP contribution in [0.3, 0.4) is 0 Å². The number of aliphatic hydroxyl groups excluding tert-OH is 1. The Morgan fingerprint density at radius 1 is 1.32 bits per heavy atom. The number of thioether (sulfide) groups is 1. The number of phenolic OH excluding ortho intramolecular Hbond substituents is 1. The Labute approximate surface area is 152 Å². The molecule has 1 aromatic carbocycles. The van der Waals surface area contributed by atoms with Crippen LogP contribution in [0.25, 0.3) is 10.2 Å². The number of hydrogen-bond donors (Lipinski definition) is 6. The van der Waals surface area contributed by atoms with Crippen LogP contribution in [0.15, 0.2) is 16.9 Å². The van der Waals surface area contributed by atoms with Crippen molar-refractivity contribution < 1.29 is 20.1 Å². The van der Waals surface area contributed by atoms with Gasteiger partial charge in [0.15, 0.2) is 0 Å². The zero-order valence-corrected chi connectivity index (χ0v) is 15.1. The normalized spacial score (nSPS) is 12.4. The van der Waals surface area contributed by atoms with Gasteiger partial charge in [0.05, 0.1) is 10.8 Å². The Bertz CT molecular complexity index is 761. The Morgan fingerprint density at radius 2 is 2.12 bits per heavy atom. The molecule has 8 nitrogen and oxygen atoms in total.